The maximum Gasteiger partial charge on any atom is 0.310 e. The van der Waals surface area contributed by atoms with Crippen molar-refractivity contribution in [2.75, 3.05) is 18.9 Å². The van der Waals surface area contributed by atoms with E-state index in [9.17, 15) is 14.9 Å². The van der Waals surface area contributed by atoms with E-state index in [1.54, 1.807) is 30.2 Å². The molecule has 0 radical (unpaired) electrons. The lowest BCUT2D eigenvalue weighted by atomic mass is 10.3. The minimum Gasteiger partial charge on any atom is -0.477 e. The molecule has 1 N–H and O–H groups in total. The lowest BCUT2D eigenvalue weighted by Gasteiger charge is -2.07. The molecule has 0 saturated carbocycles. The first-order valence-corrected chi connectivity index (χ1v) is 8.05. The number of nitrogens with one attached hydrogen (secondary N) is 1. The molecule has 8 heteroatoms. The molecule has 0 aliphatic carbocycles. The zero-order valence-electron chi connectivity index (χ0n) is 12.3. The highest BCUT2D eigenvalue weighted by atomic mass is 32.2. The van der Waals surface area contributed by atoms with Crippen LogP contribution in [-0.2, 0) is 10.5 Å². The Bertz CT molecular complexity index is 645. The van der Waals surface area contributed by atoms with Gasteiger partial charge in [0.2, 0.25) is 0 Å². The van der Waals surface area contributed by atoms with E-state index >= 15 is 0 Å². The van der Waals surface area contributed by atoms with Gasteiger partial charge in [0.1, 0.15) is 5.76 Å². The number of thioether (sulfide) groups is 1. The summed E-state index contributed by atoms with van der Waals surface area (Å²) in [6.45, 7) is 0.234. The average Bonchev–Trinajstić information content (AvgIpc) is 3.06. The SMILES string of the molecule is O=C(COc1ccccc1[N+](=O)[O-])NCCSCc1ccco1. The third-order valence-corrected chi connectivity index (χ3v) is 3.80. The maximum absolute atomic E-state index is 11.7. The van der Waals surface area contributed by atoms with Crippen LogP contribution in [-0.4, -0.2) is 29.7 Å². The van der Waals surface area contributed by atoms with Gasteiger partial charge < -0.3 is 14.5 Å². The number of carbonyl (C=O) groups is 1. The summed E-state index contributed by atoms with van der Waals surface area (Å²) in [6.07, 6.45) is 1.62. The molecular formula is C15H16N2O5S. The van der Waals surface area contributed by atoms with E-state index in [0.29, 0.717) is 6.54 Å². The first-order chi connectivity index (χ1) is 11.2. The molecule has 0 aliphatic heterocycles. The Kier molecular flexibility index (Phi) is 6.49. The number of carbonyl (C=O) groups excluding carboxylic acids is 1. The number of nitro benzene ring substituents is 1. The fourth-order valence-electron chi connectivity index (χ4n) is 1.75. The van der Waals surface area contributed by atoms with Crippen LogP contribution < -0.4 is 10.1 Å². The molecule has 7 nitrogen and oxygen atoms in total. The summed E-state index contributed by atoms with van der Waals surface area (Å²) >= 11 is 1.64. The van der Waals surface area contributed by atoms with Crippen molar-refractivity contribution in [3.63, 3.8) is 0 Å². The van der Waals surface area contributed by atoms with E-state index in [4.69, 9.17) is 9.15 Å². The van der Waals surface area contributed by atoms with Gasteiger partial charge in [0.25, 0.3) is 5.91 Å². The third-order valence-electron chi connectivity index (χ3n) is 2.81. The quantitative estimate of drug-likeness (QED) is 0.430. The molecule has 1 amide bonds. The second-order valence-electron chi connectivity index (χ2n) is 4.50. The topological polar surface area (TPSA) is 94.6 Å². The molecule has 23 heavy (non-hydrogen) atoms. The minimum absolute atomic E-state index is 0.0832. The van der Waals surface area contributed by atoms with Gasteiger partial charge in [-0.1, -0.05) is 12.1 Å². The fourth-order valence-corrected chi connectivity index (χ4v) is 2.51. The van der Waals surface area contributed by atoms with Gasteiger partial charge in [-0.3, -0.25) is 14.9 Å². The minimum atomic E-state index is -0.543. The zero-order valence-corrected chi connectivity index (χ0v) is 13.1. The number of hydrogen-bond donors (Lipinski definition) is 1. The van der Waals surface area contributed by atoms with Crippen LogP contribution in [0.5, 0.6) is 5.75 Å². The number of ether oxygens (including phenoxy) is 1. The van der Waals surface area contributed by atoms with Gasteiger partial charge in [-0.15, -0.1) is 0 Å². The van der Waals surface area contributed by atoms with Crippen LogP contribution >= 0.6 is 11.8 Å². The van der Waals surface area contributed by atoms with E-state index < -0.39 is 4.92 Å². The van der Waals surface area contributed by atoms with E-state index in [1.807, 2.05) is 12.1 Å². The number of nitrogens with zero attached hydrogens (tertiary/aromatic N) is 1. The van der Waals surface area contributed by atoms with Crippen molar-refractivity contribution in [3.8, 4) is 5.75 Å². The maximum atomic E-state index is 11.7. The highest BCUT2D eigenvalue weighted by molar-refractivity contribution is 7.98. The number of rotatable bonds is 9. The standard InChI is InChI=1S/C15H16N2O5S/c18-15(16-7-9-23-11-12-4-3-8-21-12)10-22-14-6-2-1-5-13(14)17(19)20/h1-6,8H,7,9-11H2,(H,16,18). The van der Waals surface area contributed by atoms with Gasteiger partial charge >= 0.3 is 5.69 Å². The summed E-state index contributed by atoms with van der Waals surface area (Å²) < 4.78 is 10.4. The Morgan fingerprint density at radius 1 is 1.30 bits per heavy atom. The number of para-hydroxylation sites is 2. The van der Waals surface area contributed by atoms with Gasteiger partial charge in [0.05, 0.1) is 16.9 Å². The number of hydrogen-bond acceptors (Lipinski definition) is 6. The van der Waals surface area contributed by atoms with Gasteiger partial charge in [-0.25, -0.2) is 0 Å². The first kappa shape index (κ1) is 16.9. The van der Waals surface area contributed by atoms with Gasteiger partial charge in [-0.05, 0) is 18.2 Å². The molecule has 0 unspecified atom stereocenters. The molecule has 2 rings (SSSR count). The number of amides is 1. The second kappa shape index (κ2) is 8.84. The fraction of sp³-hybridized carbons (Fsp3) is 0.267. The van der Waals surface area contributed by atoms with Crippen LogP contribution in [0.4, 0.5) is 5.69 Å². The van der Waals surface area contributed by atoms with Crippen LogP contribution in [0.2, 0.25) is 0 Å². The smallest absolute Gasteiger partial charge is 0.310 e. The Balaban J connectivity index is 1.64. The van der Waals surface area contributed by atoms with Gasteiger partial charge in [0.15, 0.2) is 12.4 Å². The van der Waals surface area contributed by atoms with E-state index in [2.05, 4.69) is 5.32 Å². The van der Waals surface area contributed by atoms with Gasteiger partial charge in [0, 0.05) is 18.4 Å². The predicted molar refractivity (Wildman–Crippen MR) is 86.5 cm³/mol. The molecule has 1 heterocycles. The largest absolute Gasteiger partial charge is 0.477 e. The Morgan fingerprint density at radius 3 is 2.87 bits per heavy atom. The predicted octanol–water partition coefficient (Wildman–Crippen LogP) is 2.62. The molecule has 0 bridgehead atoms. The van der Waals surface area contributed by atoms with Crippen molar-refractivity contribution >= 4 is 23.4 Å². The summed E-state index contributed by atoms with van der Waals surface area (Å²) in [4.78, 5) is 21.9. The number of furan rings is 1. The van der Waals surface area contributed by atoms with E-state index in [1.165, 1.54) is 12.1 Å². The molecule has 0 aliphatic rings. The van der Waals surface area contributed by atoms with Crippen LogP contribution in [0.25, 0.3) is 0 Å². The molecule has 1 aromatic heterocycles. The zero-order chi connectivity index (χ0) is 16.5. The van der Waals surface area contributed by atoms with Crippen molar-refractivity contribution in [3.05, 3.63) is 58.5 Å². The van der Waals surface area contributed by atoms with Crippen LogP contribution in [0, 0.1) is 10.1 Å². The molecule has 0 spiro atoms. The summed E-state index contributed by atoms with van der Waals surface area (Å²) in [5, 5.41) is 13.5. The van der Waals surface area contributed by atoms with Crippen molar-refractivity contribution in [2.45, 2.75) is 5.75 Å². The van der Waals surface area contributed by atoms with Crippen LogP contribution in [0.1, 0.15) is 5.76 Å². The summed E-state index contributed by atoms with van der Waals surface area (Å²) in [6, 6.07) is 9.68. The summed E-state index contributed by atoms with van der Waals surface area (Å²) in [7, 11) is 0. The van der Waals surface area contributed by atoms with Crippen molar-refractivity contribution < 1.29 is 18.9 Å². The highest BCUT2D eigenvalue weighted by Crippen LogP contribution is 2.25. The molecule has 122 valence electrons. The van der Waals surface area contributed by atoms with Crippen LogP contribution in [0.15, 0.2) is 47.1 Å². The second-order valence-corrected chi connectivity index (χ2v) is 5.60. The Hall–Kier alpha value is -2.48. The van der Waals surface area contributed by atoms with E-state index in [0.717, 1.165) is 17.3 Å². The average molecular weight is 336 g/mol. The summed E-state index contributed by atoms with van der Waals surface area (Å²) in [5.41, 5.74) is -0.158. The Morgan fingerprint density at radius 2 is 2.13 bits per heavy atom. The summed E-state index contributed by atoms with van der Waals surface area (Å²) in [5.74, 6) is 2.13. The molecule has 2 aromatic rings. The molecule has 0 fully saturated rings. The third kappa shape index (κ3) is 5.67. The number of nitro groups is 1. The van der Waals surface area contributed by atoms with E-state index in [-0.39, 0.29) is 24.0 Å². The molecular weight excluding hydrogens is 320 g/mol. The normalized spacial score (nSPS) is 10.3. The highest BCUT2D eigenvalue weighted by Gasteiger charge is 2.14. The van der Waals surface area contributed by atoms with Crippen molar-refractivity contribution in [1.82, 2.24) is 5.32 Å². The van der Waals surface area contributed by atoms with Crippen molar-refractivity contribution in [2.24, 2.45) is 0 Å². The monoisotopic (exact) mass is 336 g/mol. The lowest BCUT2D eigenvalue weighted by Crippen LogP contribution is -2.30. The Labute approximate surface area is 137 Å². The van der Waals surface area contributed by atoms with Crippen LogP contribution in [0.3, 0.4) is 0 Å². The molecule has 1 aromatic carbocycles. The molecule has 0 atom stereocenters. The number of benzene rings is 1. The molecule has 0 saturated heterocycles. The lowest BCUT2D eigenvalue weighted by molar-refractivity contribution is -0.385. The van der Waals surface area contributed by atoms with Gasteiger partial charge in [-0.2, -0.15) is 11.8 Å². The first-order valence-electron chi connectivity index (χ1n) is 6.90. The van der Waals surface area contributed by atoms with Crippen molar-refractivity contribution in [1.29, 1.82) is 0 Å².